The van der Waals surface area contributed by atoms with Crippen molar-refractivity contribution in [3.05, 3.63) is 71.7 Å². The topological polar surface area (TPSA) is 64.7 Å². The van der Waals surface area contributed by atoms with Gasteiger partial charge in [-0.2, -0.15) is 0 Å². The van der Waals surface area contributed by atoms with Crippen molar-refractivity contribution in [1.82, 2.24) is 20.5 Å². The van der Waals surface area contributed by atoms with Crippen molar-refractivity contribution in [2.75, 3.05) is 46.4 Å². The maximum Gasteiger partial charge on any atom is 0.191 e. The number of H-pyrrole nitrogens is 1. The number of fused-ring (bicyclic) bond motifs is 1. The van der Waals surface area contributed by atoms with E-state index >= 15 is 0 Å². The highest BCUT2D eigenvalue weighted by Gasteiger charge is 2.23. The monoisotopic (exact) mass is 551 g/mol. The van der Waals surface area contributed by atoms with Crippen LogP contribution in [0.15, 0.2) is 59.7 Å². The number of morpholine rings is 1. The Morgan fingerprint density at radius 3 is 2.62 bits per heavy atom. The molecule has 1 aliphatic heterocycles. The quantitative estimate of drug-likeness (QED) is 0.238. The van der Waals surface area contributed by atoms with Crippen LogP contribution in [0.2, 0.25) is 0 Å². The Balaban J connectivity index is 0.00000289. The molecule has 0 saturated carbocycles. The van der Waals surface area contributed by atoms with E-state index in [4.69, 9.17) is 4.74 Å². The fourth-order valence-corrected chi connectivity index (χ4v) is 4.10. The Morgan fingerprint density at radius 1 is 1.12 bits per heavy atom. The van der Waals surface area contributed by atoms with E-state index in [1.165, 1.54) is 23.1 Å². The second-order valence-corrected chi connectivity index (χ2v) is 7.71. The second kappa shape index (κ2) is 12.2. The van der Waals surface area contributed by atoms with Crippen LogP contribution in [-0.4, -0.2) is 62.3 Å². The number of nitrogens with zero attached hydrogens (tertiary/aromatic N) is 2. The molecule has 1 atom stereocenters. The number of hydrogen-bond donors (Lipinski definition) is 3. The summed E-state index contributed by atoms with van der Waals surface area (Å²) in [7, 11) is 1.78. The molecule has 1 fully saturated rings. The molecular weight excluding hydrogens is 520 g/mol. The van der Waals surface area contributed by atoms with Crippen molar-refractivity contribution >= 4 is 40.8 Å². The van der Waals surface area contributed by atoms with Gasteiger partial charge in [-0.1, -0.05) is 30.3 Å². The summed E-state index contributed by atoms with van der Waals surface area (Å²) in [6.45, 7) is 4.61. The maximum absolute atomic E-state index is 13.4. The third-order valence-electron chi connectivity index (χ3n) is 5.79. The lowest BCUT2D eigenvalue weighted by Gasteiger charge is -2.35. The summed E-state index contributed by atoms with van der Waals surface area (Å²) in [5.74, 6) is 0.549. The number of nitrogens with one attached hydrogen (secondary N) is 3. The van der Waals surface area contributed by atoms with Crippen LogP contribution in [-0.2, 0) is 11.2 Å². The van der Waals surface area contributed by atoms with Crippen LogP contribution in [0.4, 0.5) is 4.39 Å². The lowest BCUT2D eigenvalue weighted by atomic mass is 10.0. The van der Waals surface area contributed by atoms with Crippen molar-refractivity contribution in [3.63, 3.8) is 0 Å². The lowest BCUT2D eigenvalue weighted by molar-refractivity contribution is 0.0170. The first-order chi connectivity index (χ1) is 15.2. The minimum atomic E-state index is -0.216. The normalized spacial score (nSPS) is 15.9. The molecule has 8 heteroatoms. The molecule has 2 heterocycles. The van der Waals surface area contributed by atoms with E-state index in [0.29, 0.717) is 6.54 Å². The maximum atomic E-state index is 13.4. The summed E-state index contributed by atoms with van der Waals surface area (Å²) in [4.78, 5) is 10.1. The Kier molecular flexibility index (Phi) is 9.31. The number of aromatic amines is 1. The Morgan fingerprint density at radius 2 is 1.88 bits per heavy atom. The highest BCUT2D eigenvalue weighted by molar-refractivity contribution is 14.0. The zero-order valence-corrected chi connectivity index (χ0v) is 20.6. The van der Waals surface area contributed by atoms with Gasteiger partial charge in [-0.25, -0.2) is 4.39 Å². The van der Waals surface area contributed by atoms with Crippen LogP contribution in [0.3, 0.4) is 0 Å². The zero-order chi connectivity index (χ0) is 21.5. The number of rotatable bonds is 7. The van der Waals surface area contributed by atoms with Gasteiger partial charge in [-0.05, 0) is 35.7 Å². The number of ether oxygens (including phenoxy) is 1. The molecular formula is C24H31FIN5O. The summed E-state index contributed by atoms with van der Waals surface area (Å²) in [5.41, 5.74) is 3.54. The van der Waals surface area contributed by atoms with Gasteiger partial charge in [0.05, 0.1) is 19.3 Å². The first-order valence-electron chi connectivity index (χ1n) is 10.8. The predicted octanol–water partition coefficient (Wildman–Crippen LogP) is 3.71. The second-order valence-electron chi connectivity index (χ2n) is 7.71. The number of benzene rings is 2. The molecule has 32 heavy (non-hydrogen) atoms. The van der Waals surface area contributed by atoms with Crippen LogP contribution in [0, 0.1) is 5.82 Å². The SMILES string of the molecule is CN=C(NCCc1c[nH]c2ccccc12)NCC(c1ccc(F)cc1)N1CCOCC1.I. The third-order valence-corrected chi connectivity index (χ3v) is 5.79. The minimum absolute atomic E-state index is 0. The number of guanidine groups is 1. The van der Waals surface area contributed by atoms with Gasteiger partial charge in [-0.15, -0.1) is 24.0 Å². The van der Waals surface area contributed by atoms with E-state index in [2.05, 4.69) is 49.9 Å². The molecule has 1 unspecified atom stereocenters. The Hall–Kier alpha value is -2.17. The highest BCUT2D eigenvalue weighted by Crippen LogP contribution is 2.22. The third kappa shape index (κ3) is 6.20. The van der Waals surface area contributed by atoms with Crippen LogP contribution in [0.25, 0.3) is 10.9 Å². The van der Waals surface area contributed by atoms with Crippen molar-refractivity contribution in [2.24, 2.45) is 4.99 Å². The minimum Gasteiger partial charge on any atom is -0.379 e. The highest BCUT2D eigenvalue weighted by atomic mass is 127. The van der Waals surface area contributed by atoms with Gasteiger partial charge in [0.25, 0.3) is 0 Å². The summed E-state index contributed by atoms with van der Waals surface area (Å²) in [5, 5.41) is 8.13. The van der Waals surface area contributed by atoms with Crippen LogP contribution >= 0.6 is 24.0 Å². The summed E-state index contributed by atoms with van der Waals surface area (Å²) < 4.78 is 18.9. The summed E-state index contributed by atoms with van der Waals surface area (Å²) in [6.07, 6.45) is 2.97. The molecule has 0 radical (unpaired) electrons. The van der Waals surface area contributed by atoms with E-state index in [0.717, 1.165) is 56.3 Å². The summed E-state index contributed by atoms with van der Waals surface area (Å²) >= 11 is 0. The molecule has 3 N–H and O–H groups in total. The first kappa shape index (κ1) is 24.5. The number of halogens is 2. The van der Waals surface area contributed by atoms with Crippen molar-refractivity contribution in [3.8, 4) is 0 Å². The zero-order valence-electron chi connectivity index (χ0n) is 18.3. The molecule has 2 aromatic carbocycles. The van der Waals surface area contributed by atoms with Crippen molar-refractivity contribution < 1.29 is 9.13 Å². The van der Waals surface area contributed by atoms with Crippen LogP contribution in [0.5, 0.6) is 0 Å². The van der Waals surface area contributed by atoms with E-state index in [-0.39, 0.29) is 35.8 Å². The molecule has 1 saturated heterocycles. The van der Waals surface area contributed by atoms with E-state index in [1.54, 1.807) is 7.05 Å². The largest absolute Gasteiger partial charge is 0.379 e. The fourth-order valence-electron chi connectivity index (χ4n) is 4.10. The van der Waals surface area contributed by atoms with Gasteiger partial charge in [0, 0.05) is 50.3 Å². The molecule has 3 aromatic rings. The van der Waals surface area contributed by atoms with Gasteiger partial charge >= 0.3 is 0 Å². The van der Waals surface area contributed by atoms with Gasteiger partial charge in [0.15, 0.2) is 5.96 Å². The molecule has 1 aliphatic rings. The average molecular weight is 551 g/mol. The van der Waals surface area contributed by atoms with E-state index < -0.39 is 0 Å². The Labute approximate surface area is 205 Å². The molecule has 0 aliphatic carbocycles. The average Bonchev–Trinajstić information content (AvgIpc) is 3.23. The van der Waals surface area contributed by atoms with Gasteiger partial charge in [0.1, 0.15) is 5.82 Å². The molecule has 172 valence electrons. The Bertz CT molecular complexity index is 1000. The number of para-hydroxylation sites is 1. The van der Waals surface area contributed by atoms with E-state index in [1.807, 2.05) is 18.2 Å². The summed E-state index contributed by atoms with van der Waals surface area (Å²) in [6, 6.07) is 15.2. The smallest absolute Gasteiger partial charge is 0.191 e. The molecule has 4 rings (SSSR count). The molecule has 0 spiro atoms. The fraction of sp³-hybridized carbons (Fsp3) is 0.375. The van der Waals surface area contributed by atoms with Gasteiger partial charge < -0.3 is 20.4 Å². The number of aromatic nitrogens is 1. The van der Waals surface area contributed by atoms with Gasteiger partial charge in [-0.3, -0.25) is 9.89 Å². The molecule has 0 amide bonds. The predicted molar refractivity (Wildman–Crippen MR) is 138 cm³/mol. The standard InChI is InChI=1S/C24H30FN5O.HI/c1-26-24(27-11-10-19-16-28-22-5-3-2-4-21(19)22)29-17-23(30-12-14-31-15-13-30)18-6-8-20(25)9-7-18;/h2-9,16,23,28H,10-15,17H2,1H3,(H2,26,27,29);1H. The van der Waals surface area contributed by atoms with Crippen LogP contribution in [0.1, 0.15) is 17.2 Å². The van der Waals surface area contributed by atoms with Crippen molar-refractivity contribution in [1.29, 1.82) is 0 Å². The lowest BCUT2D eigenvalue weighted by Crippen LogP contribution is -2.46. The van der Waals surface area contributed by atoms with Gasteiger partial charge in [0.2, 0.25) is 0 Å². The van der Waals surface area contributed by atoms with Crippen molar-refractivity contribution in [2.45, 2.75) is 12.5 Å². The molecule has 1 aromatic heterocycles. The first-order valence-corrected chi connectivity index (χ1v) is 10.8. The molecule has 6 nitrogen and oxygen atoms in total. The van der Waals surface area contributed by atoms with E-state index in [9.17, 15) is 4.39 Å². The number of hydrogen-bond acceptors (Lipinski definition) is 3. The van der Waals surface area contributed by atoms with Crippen LogP contribution < -0.4 is 10.6 Å². The molecule has 0 bridgehead atoms. The number of aliphatic imine (C=N–C) groups is 1.